The zero-order valence-electron chi connectivity index (χ0n) is 17.2. The van der Waals surface area contributed by atoms with Gasteiger partial charge in [-0.3, -0.25) is 9.67 Å². The van der Waals surface area contributed by atoms with Crippen molar-refractivity contribution in [2.45, 2.75) is 39.9 Å². The van der Waals surface area contributed by atoms with Crippen LogP contribution in [0.1, 0.15) is 28.9 Å². The predicted molar refractivity (Wildman–Crippen MR) is 126 cm³/mol. The maximum atomic E-state index is 4.49. The minimum absolute atomic E-state index is 0. The van der Waals surface area contributed by atoms with Crippen LogP contribution >= 0.6 is 24.0 Å². The molecule has 8 nitrogen and oxygen atoms in total. The third-order valence-electron chi connectivity index (χ3n) is 4.43. The highest BCUT2D eigenvalue weighted by atomic mass is 127. The molecule has 0 spiro atoms. The average molecular weight is 508 g/mol. The lowest BCUT2D eigenvalue weighted by molar-refractivity contribution is 0.555. The first-order valence-electron chi connectivity index (χ1n) is 9.50. The lowest BCUT2D eigenvalue weighted by Crippen LogP contribution is -2.37. The number of benzene rings is 1. The molecule has 0 bridgehead atoms. The smallest absolute Gasteiger partial charge is 0.191 e. The van der Waals surface area contributed by atoms with Gasteiger partial charge in [0.25, 0.3) is 0 Å². The quantitative estimate of drug-likeness (QED) is 0.212. The molecule has 29 heavy (non-hydrogen) atoms. The van der Waals surface area contributed by atoms with Gasteiger partial charge < -0.3 is 10.6 Å². The van der Waals surface area contributed by atoms with Gasteiger partial charge in [0.1, 0.15) is 12.7 Å². The number of rotatable bonds is 8. The number of aryl methyl sites for hydroxylation is 3. The third-order valence-corrected chi connectivity index (χ3v) is 4.43. The molecular formula is C20H29IN8. The van der Waals surface area contributed by atoms with E-state index >= 15 is 0 Å². The molecule has 2 aromatic heterocycles. The summed E-state index contributed by atoms with van der Waals surface area (Å²) in [5.41, 5.74) is 4.65. The van der Waals surface area contributed by atoms with Crippen LogP contribution in [0.3, 0.4) is 0 Å². The van der Waals surface area contributed by atoms with E-state index in [-0.39, 0.29) is 24.0 Å². The fourth-order valence-electron chi connectivity index (χ4n) is 3.08. The van der Waals surface area contributed by atoms with Crippen molar-refractivity contribution in [2.75, 3.05) is 13.6 Å². The van der Waals surface area contributed by atoms with Crippen LogP contribution in [0.5, 0.6) is 0 Å². The minimum atomic E-state index is 0. The Hall–Kier alpha value is -2.43. The SMILES string of the molecule is CN=C(NCCCn1nc(C)cc1C)NCc1cccc(Cn2cncn2)c1.I. The Morgan fingerprint density at radius 1 is 1.14 bits per heavy atom. The summed E-state index contributed by atoms with van der Waals surface area (Å²) < 4.78 is 3.86. The second-order valence-corrected chi connectivity index (χ2v) is 6.77. The normalized spacial score (nSPS) is 11.2. The molecule has 0 atom stereocenters. The summed E-state index contributed by atoms with van der Waals surface area (Å²) in [6.45, 7) is 7.27. The zero-order chi connectivity index (χ0) is 19.8. The number of nitrogens with zero attached hydrogens (tertiary/aromatic N) is 6. The molecular weight excluding hydrogens is 479 g/mol. The van der Waals surface area contributed by atoms with Crippen molar-refractivity contribution in [1.82, 2.24) is 35.2 Å². The first-order valence-corrected chi connectivity index (χ1v) is 9.50. The van der Waals surface area contributed by atoms with E-state index in [4.69, 9.17) is 0 Å². The highest BCUT2D eigenvalue weighted by Crippen LogP contribution is 2.07. The van der Waals surface area contributed by atoms with Gasteiger partial charge in [0.15, 0.2) is 5.96 Å². The van der Waals surface area contributed by atoms with Gasteiger partial charge in [0.05, 0.1) is 12.2 Å². The van der Waals surface area contributed by atoms with E-state index in [9.17, 15) is 0 Å². The van der Waals surface area contributed by atoms with Crippen molar-refractivity contribution in [2.24, 2.45) is 4.99 Å². The van der Waals surface area contributed by atoms with Gasteiger partial charge in [0, 0.05) is 32.4 Å². The molecule has 1 aromatic carbocycles. The van der Waals surface area contributed by atoms with E-state index in [2.05, 4.69) is 68.1 Å². The maximum absolute atomic E-state index is 4.49. The molecule has 9 heteroatoms. The van der Waals surface area contributed by atoms with Crippen molar-refractivity contribution in [1.29, 1.82) is 0 Å². The molecule has 0 fully saturated rings. The van der Waals surface area contributed by atoms with Crippen LogP contribution in [0, 0.1) is 13.8 Å². The first-order chi connectivity index (χ1) is 13.6. The summed E-state index contributed by atoms with van der Waals surface area (Å²) in [6.07, 6.45) is 4.26. The summed E-state index contributed by atoms with van der Waals surface area (Å²) in [5, 5.41) is 15.4. The highest BCUT2D eigenvalue weighted by Gasteiger charge is 2.03. The monoisotopic (exact) mass is 508 g/mol. The number of aromatic nitrogens is 5. The Kier molecular flexibility index (Phi) is 9.10. The Morgan fingerprint density at radius 3 is 2.66 bits per heavy atom. The lowest BCUT2D eigenvalue weighted by atomic mass is 10.1. The molecule has 0 aliphatic heterocycles. The third kappa shape index (κ3) is 7.15. The van der Waals surface area contributed by atoms with Crippen molar-refractivity contribution >= 4 is 29.9 Å². The minimum Gasteiger partial charge on any atom is -0.356 e. The Morgan fingerprint density at radius 2 is 1.97 bits per heavy atom. The molecule has 0 saturated carbocycles. The number of aliphatic imine (C=N–C) groups is 1. The van der Waals surface area contributed by atoms with Crippen LogP contribution < -0.4 is 10.6 Å². The van der Waals surface area contributed by atoms with Gasteiger partial charge in [-0.1, -0.05) is 24.3 Å². The molecule has 2 heterocycles. The summed E-state index contributed by atoms with van der Waals surface area (Å²) in [7, 11) is 1.79. The van der Waals surface area contributed by atoms with Crippen LogP contribution in [0.4, 0.5) is 0 Å². The molecule has 0 aliphatic rings. The molecule has 0 saturated heterocycles. The largest absolute Gasteiger partial charge is 0.356 e. The van der Waals surface area contributed by atoms with Gasteiger partial charge in [0.2, 0.25) is 0 Å². The molecule has 156 valence electrons. The average Bonchev–Trinajstić information content (AvgIpc) is 3.30. The van der Waals surface area contributed by atoms with Crippen LogP contribution in [-0.4, -0.2) is 44.1 Å². The summed E-state index contributed by atoms with van der Waals surface area (Å²) in [6, 6.07) is 10.5. The molecule has 0 radical (unpaired) electrons. The highest BCUT2D eigenvalue weighted by molar-refractivity contribution is 14.0. The fourth-order valence-corrected chi connectivity index (χ4v) is 3.08. The van der Waals surface area contributed by atoms with E-state index in [1.54, 1.807) is 19.7 Å². The van der Waals surface area contributed by atoms with Gasteiger partial charge in [-0.25, -0.2) is 9.67 Å². The predicted octanol–water partition coefficient (Wildman–Crippen LogP) is 2.51. The van der Waals surface area contributed by atoms with Crippen molar-refractivity contribution in [3.05, 3.63) is 65.5 Å². The van der Waals surface area contributed by atoms with Crippen molar-refractivity contribution in [3.63, 3.8) is 0 Å². The van der Waals surface area contributed by atoms with Crippen molar-refractivity contribution in [3.8, 4) is 0 Å². The Labute approximate surface area is 188 Å². The summed E-state index contributed by atoms with van der Waals surface area (Å²) in [4.78, 5) is 8.28. The van der Waals surface area contributed by atoms with Gasteiger partial charge in [-0.05, 0) is 37.5 Å². The molecule has 0 amide bonds. The number of hydrogen-bond donors (Lipinski definition) is 2. The van der Waals surface area contributed by atoms with E-state index in [1.807, 2.05) is 16.3 Å². The Bertz CT molecular complexity index is 901. The van der Waals surface area contributed by atoms with Crippen molar-refractivity contribution < 1.29 is 0 Å². The van der Waals surface area contributed by atoms with Gasteiger partial charge in [-0.2, -0.15) is 10.2 Å². The fraction of sp³-hybridized carbons (Fsp3) is 0.400. The van der Waals surface area contributed by atoms with E-state index in [0.717, 1.165) is 31.2 Å². The van der Waals surface area contributed by atoms with Crippen LogP contribution in [0.15, 0.2) is 48.0 Å². The second-order valence-electron chi connectivity index (χ2n) is 6.77. The van der Waals surface area contributed by atoms with E-state index in [0.29, 0.717) is 13.1 Å². The molecule has 0 unspecified atom stereocenters. The van der Waals surface area contributed by atoms with E-state index in [1.165, 1.54) is 16.8 Å². The standard InChI is InChI=1S/C20H28N8.HI/c1-16-10-17(2)28(26-16)9-5-8-23-20(21-3)24-12-18-6-4-7-19(11-18)13-27-15-22-14-25-27;/h4,6-7,10-11,14-15H,5,8-9,12-13H2,1-3H3,(H2,21,23,24);1H. The van der Waals surface area contributed by atoms with Gasteiger partial charge >= 0.3 is 0 Å². The van der Waals surface area contributed by atoms with Crippen LogP contribution in [0.25, 0.3) is 0 Å². The number of halogens is 1. The van der Waals surface area contributed by atoms with E-state index < -0.39 is 0 Å². The maximum Gasteiger partial charge on any atom is 0.191 e. The summed E-state index contributed by atoms with van der Waals surface area (Å²) >= 11 is 0. The van der Waals surface area contributed by atoms with Gasteiger partial charge in [-0.15, -0.1) is 24.0 Å². The van der Waals surface area contributed by atoms with Crippen LogP contribution in [0.2, 0.25) is 0 Å². The number of guanidine groups is 1. The topological polar surface area (TPSA) is 85.0 Å². The van der Waals surface area contributed by atoms with Crippen LogP contribution in [-0.2, 0) is 19.6 Å². The lowest BCUT2D eigenvalue weighted by Gasteiger charge is -2.13. The number of nitrogens with one attached hydrogen (secondary N) is 2. The molecule has 2 N–H and O–H groups in total. The zero-order valence-corrected chi connectivity index (χ0v) is 19.5. The molecule has 0 aliphatic carbocycles. The Balaban J connectivity index is 0.00000300. The second kappa shape index (κ2) is 11.5. The summed E-state index contributed by atoms with van der Waals surface area (Å²) in [5.74, 6) is 0.801. The molecule has 3 rings (SSSR count). The first kappa shape index (κ1) is 22.9. The number of hydrogen-bond acceptors (Lipinski definition) is 4. The molecule has 3 aromatic rings.